The maximum absolute atomic E-state index is 14.6. The van der Waals surface area contributed by atoms with Gasteiger partial charge in [-0.15, -0.1) is 0 Å². The third-order valence-electron chi connectivity index (χ3n) is 7.90. The average Bonchev–Trinajstić information content (AvgIpc) is 3.42. The number of nitrogens with zero attached hydrogens (tertiary/aromatic N) is 2. The van der Waals surface area contributed by atoms with E-state index in [1.165, 1.54) is 36.3 Å². The molecule has 1 amide bonds. The molecule has 0 bridgehead atoms. The van der Waals surface area contributed by atoms with Gasteiger partial charge in [-0.2, -0.15) is 0 Å². The number of nitrogens with one attached hydrogen (secondary N) is 1. The van der Waals surface area contributed by atoms with E-state index in [1.807, 2.05) is 0 Å². The van der Waals surface area contributed by atoms with Gasteiger partial charge in [-0.1, -0.05) is 24.3 Å². The van der Waals surface area contributed by atoms with Gasteiger partial charge in [0.15, 0.2) is 21.4 Å². The first-order valence-corrected chi connectivity index (χ1v) is 15.7. The number of amides is 1. The average molecular weight is 637 g/mol. The smallest absolute Gasteiger partial charge is 0.494 e. The van der Waals surface area contributed by atoms with Gasteiger partial charge in [0.05, 0.1) is 23.3 Å². The summed E-state index contributed by atoms with van der Waals surface area (Å²) in [6.07, 6.45) is -0.906. The first-order valence-electron chi connectivity index (χ1n) is 14.2. The molecule has 4 aromatic rings. The highest BCUT2D eigenvalue weighted by atomic mass is 32.2. The highest BCUT2D eigenvalue weighted by molar-refractivity contribution is 7.92. The topological polar surface area (TPSA) is 161 Å². The van der Waals surface area contributed by atoms with Crippen molar-refractivity contribution in [2.24, 2.45) is 0 Å². The van der Waals surface area contributed by atoms with Crippen LogP contribution >= 0.6 is 0 Å². The number of pyridine rings is 1. The summed E-state index contributed by atoms with van der Waals surface area (Å²) in [7, 11) is -2.52. The molecule has 1 aliphatic rings. The van der Waals surface area contributed by atoms with E-state index >= 15 is 0 Å². The van der Waals surface area contributed by atoms with E-state index in [0.29, 0.717) is 22.5 Å². The zero-order chi connectivity index (χ0) is 32.5. The van der Waals surface area contributed by atoms with Crippen LogP contribution in [0.25, 0.3) is 10.8 Å². The maximum atomic E-state index is 14.6. The molecule has 4 N–H and O–H groups in total. The minimum atomic E-state index is -3.84. The van der Waals surface area contributed by atoms with E-state index in [9.17, 15) is 27.5 Å². The number of sulfone groups is 1. The van der Waals surface area contributed by atoms with Crippen molar-refractivity contribution in [3.05, 3.63) is 89.9 Å². The molecular formula is C32H33FN4O7S. The predicted molar refractivity (Wildman–Crippen MR) is 166 cm³/mol. The maximum Gasteiger partial charge on any atom is 0.506 e. The summed E-state index contributed by atoms with van der Waals surface area (Å²) in [5.41, 5.74) is 7.15. The van der Waals surface area contributed by atoms with Crippen molar-refractivity contribution in [2.75, 3.05) is 24.7 Å². The first kappa shape index (κ1) is 31.5. The number of nitrogens with two attached hydrogens (primary N) is 1. The Morgan fingerprint density at radius 2 is 1.87 bits per heavy atom. The minimum Gasteiger partial charge on any atom is -0.494 e. The fraction of sp³-hybridized carbons (Fsp3) is 0.281. The van der Waals surface area contributed by atoms with Crippen molar-refractivity contribution in [2.45, 2.75) is 48.6 Å². The summed E-state index contributed by atoms with van der Waals surface area (Å²) >= 11 is 0. The quantitative estimate of drug-likeness (QED) is 0.205. The molecule has 0 aliphatic carbocycles. The summed E-state index contributed by atoms with van der Waals surface area (Å²) in [6.45, 7) is 3.15. The molecule has 45 heavy (non-hydrogen) atoms. The minimum absolute atomic E-state index is 0.0163. The number of aromatic nitrogens is 1. The zero-order valence-electron chi connectivity index (χ0n) is 24.8. The lowest BCUT2D eigenvalue weighted by Gasteiger charge is -2.33. The van der Waals surface area contributed by atoms with Gasteiger partial charge in [0.1, 0.15) is 18.0 Å². The van der Waals surface area contributed by atoms with Gasteiger partial charge in [-0.3, -0.25) is 4.79 Å². The van der Waals surface area contributed by atoms with Gasteiger partial charge in [0.2, 0.25) is 5.91 Å². The lowest BCUT2D eigenvalue weighted by molar-refractivity contribution is -0.134. The lowest BCUT2D eigenvalue weighted by Crippen LogP contribution is -2.40. The Bertz CT molecular complexity index is 1870. The normalized spacial score (nSPS) is 17.3. The number of rotatable bonds is 9. The molecule has 13 heteroatoms. The molecule has 0 saturated carbocycles. The Balaban J connectivity index is 1.63. The van der Waals surface area contributed by atoms with Crippen LogP contribution in [0.5, 0.6) is 5.75 Å². The number of hydrogen-bond donors (Lipinski definition) is 3. The van der Waals surface area contributed by atoms with Crippen LogP contribution in [0.2, 0.25) is 0 Å². The molecular weight excluding hydrogens is 603 g/mol. The number of hydrogen-bond acceptors (Lipinski definition) is 9. The number of anilines is 2. The Morgan fingerprint density at radius 1 is 1.11 bits per heavy atom. The fourth-order valence-electron chi connectivity index (χ4n) is 5.64. The third-order valence-corrected chi connectivity index (χ3v) is 10.1. The van der Waals surface area contributed by atoms with Crippen LogP contribution in [0.4, 0.5) is 20.7 Å². The number of methoxy groups -OCH3 is 1. The van der Waals surface area contributed by atoms with Crippen LogP contribution in [0.3, 0.4) is 0 Å². The summed E-state index contributed by atoms with van der Waals surface area (Å²) in [6, 6.07) is 15.1. The van der Waals surface area contributed by atoms with E-state index in [2.05, 4.69) is 10.3 Å². The number of halogens is 1. The van der Waals surface area contributed by atoms with Crippen LogP contribution in [0.1, 0.15) is 43.5 Å². The Labute approximate surface area is 259 Å². The standard InChI is InChI=1S/C32H33FN4O7S/c1-18(2)45(41,42)27-7-5-4-6-23(27)29-25(44-32(39)40)13-15-37(29)31(38)28(20-8-11-24(33)26(17-20)43-3)36-21-9-10-22-19(16-21)12-14-35-30(22)34/h4-12,14,16-18,25,28-29,36H,13,15H2,1-3H3,(H2,34,35)(H,39,40)/t25-,28-,29+/m1/s1. The monoisotopic (exact) mass is 636 g/mol. The number of carboxylic acid groups (broad SMARTS) is 1. The SMILES string of the molecule is COc1cc([C@@H](Nc2ccc3c(N)nccc3c2)C(=O)N2CC[C@@H](OC(=O)O)[C@@H]2c2ccccc2S(=O)(=O)C(C)C)ccc1F. The second-order valence-corrected chi connectivity index (χ2v) is 13.4. The molecule has 0 unspecified atom stereocenters. The van der Waals surface area contributed by atoms with Crippen LogP contribution in [0.15, 0.2) is 77.8 Å². The second kappa shape index (κ2) is 12.6. The molecule has 1 aliphatic heterocycles. The molecule has 1 fully saturated rings. The summed E-state index contributed by atoms with van der Waals surface area (Å²) in [5.74, 6) is -0.878. The Kier molecular flexibility index (Phi) is 8.82. The molecule has 2 heterocycles. The number of fused-ring (bicyclic) bond motifs is 1. The van der Waals surface area contributed by atoms with Gasteiger partial charge in [0.25, 0.3) is 0 Å². The van der Waals surface area contributed by atoms with E-state index in [1.54, 1.807) is 62.5 Å². The molecule has 1 saturated heterocycles. The van der Waals surface area contributed by atoms with Crippen molar-refractivity contribution in [1.29, 1.82) is 0 Å². The van der Waals surface area contributed by atoms with E-state index in [-0.39, 0.29) is 29.2 Å². The first-order chi connectivity index (χ1) is 21.4. The van der Waals surface area contributed by atoms with Crippen molar-refractivity contribution in [3.63, 3.8) is 0 Å². The molecule has 236 valence electrons. The molecule has 11 nitrogen and oxygen atoms in total. The summed E-state index contributed by atoms with van der Waals surface area (Å²) in [4.78, 5) is 31.8. The van der Waals surface area contributed by atoms with E-state index < -0.39 is 51.2 Å². The third kappa shape index (κ3) is 6.21. The largest absolute Gasteiger partial charge is 0.506 e. The van der Waals surface area contributed by atoms with Crippen molar-refractivity contribution in [1.82, 2.24) is 9.88 Å². The highest BCUT2D eigenvalue weighted by Crippen LogP contribution is 2.41. The van der Waals surface area contributed by atoms with Gasteiger partial charge in [0, 0.05) is 30.2 Å². The van der Waals surface area contributed by atoms with E-state index in [0.717, 1.165) is 5.39 Å². The molecule has 0 radical (unpaired) electrons. The predicted octanol–water partition coefficient (Wildman–Crippen LogP) is 5.34. The molecule has 0 spiro atoms. The van der Waals surface area contributed by atoms with Gasteiger partial charge < -0.3 is 30.5 Å². The number of benzene rings is 3. The fourth-order valence-corrected chi connectivity index (χ4v) is 6.93. The number of nitrogen functional groups attached to an aromatic ring is 1. The number of carbonyl (C=O) groups excluding carboxylic acids is 1. The molecule has 3 atom stereocenters. The van der Waals surface area contributed by atoms with Crippen molar-refractivity contribution in [3.8, 4) is 5.75 Å². The van der Waals surface area contributed by atoms with E-state index in [4.69, 9.17) is 15.2 Å². The zero-order valence-corrected chi connectivity index (χ0v) is 25.6. The molecule has 5 rings (SSSR count). The van der Waals surface area contributed by atoms with Gasteiger partial charge in [-0.25, -0.2) is 22.6 Å². The Hall–Kier alpha value is -4.91. The molecule has 3 aromatic carbocycles. The van der Waals surface area contributed by atoms with Crippen LogP contribution in [-0.2, 0) is 19.4 Å². The van der Waals surface area contributed by atoms with Crippen molar-refractivity contribution < 1.29 is 37.0 Å². The summed E-state index contributed by atoms with van der Waals surface area (Å²) in [5, 5.41) is 13.5. The summed E-state index contributed by atoms with van der Waals surface area (Å²) < 4.78 is 51.7. The highest BCUT2D eigenvalue weighted by Gasteiger charge is 2.45. The van der Waals surface area contributed by atoms with Crippen LogP contribution < -0.4 is 15.8 Å². The Morgan fingerprint density at radius 3 is 2.58 bits per heavy atom. The van der Waals surface area contributed by atoms with Crippen LogP contribution in [0, 0.1) is 5.82 Å². The number of likely N-dealkylation sites (tertiary alicyclic amines) is 1. The van der Waals surface area contributed by atoms with Gasteiger partial charge in [-0.05, 0) is 72.8 Å². The molecule has 1 aromatic heterocycles. The number of ether oxygens (including phenoxy) is 2. The number of carbonyl (C=O) groups is 2. The lowest BCUT2D eigenvalue weighted by atomic mass is 9.99. The van der Waals surface area contributed by atoms with Crippen molar-refractivity contribution >= 4 is 44.2 Å². The van der Waals surface area contributed by atoms with Crippen LogP contribution in [-0.4, -0.2) is 60.5 Å². The second-order valence-electron chi connectivity index (χ2n) is 10.9. The van der Waals surface area contributed by atoms with Gasteiger partial charge >= 0.3 is 6.16 Å².